The number of hydrogen-bond acceptors (Lipinski definition) is 1. The summed E-state index contributed by atoms with van der Waals surface area (Å²) in [5.41, 5.74) is 2.24. The molecule has 1 aromatic carbocycles. The van der Waals surface area contributed by atoms with E-state index in [2.05, 4.69) is 46.5 Å². The van der Waals surface area contributed by atoms with Crippen molar-refractivity contribution in [2.24, 2.45) is 0 Å². The van der Waals surface area contributed by atoms with Crippen LogP contribution in [0.4, 0.5) is 0 Å². The van der Waals surface area contributed by atoms with Gasteiger partial charge in [-0.25, -0.2) is 4.98 Å². The van der Waals surface area contributed by atoms with Crippen molar-refractivity contribution in [3.8, 4) is 0 Å². The Labute approximate surface area is 134 Å². The fraction of sp³-hybridized carbons (Fsp3) is 0.562. The second-order valence-electron chi connectivity index (χ2n) is 5.25. The molecule has 0 amide bonds. The van der Waals surface area contributed by atoms with Gasteiger partial charge in [0.1, 0.15) is 5.82 Å². The number of nitrogens with zero attached hydrogens (tertiary/aromatic N) is 2. The molecule has 20 heavy (non-hydrogen) atoms. The van der Waals surface area contributed by atoms with Gasteiger partial charge in [-0.05, 0) is 31.0 Å². The molecule has 1 atom stereocenters. The normalized spacial score (nSPS) is 13.0. The highest BCUT2D eigenvalue weighted by atomic mass is 79.9. The molecule has 2 rings (SSSR count). The van der Waals surface area contributed by atoms with E-state index in [1.165, 1.54) is 37.6 Å². The van der Waals surface area contributed by atoms with Crippen molar-refractivity contribution in [1.82, 2.24) is 9.55 Å². The zero-order valence-corrected chi connectivity index (χ0v) is 14.5. The van der Waals surface area contributed by atoms with Gasteiger partial charge in [0.25, 0.3) is 0 Å². The van der Waals surface area contributed by atoms with Gasteiger partial charge in [-0.1, -0.05) is 49.0 Å². The third kappa shape index (κ3) is 3.37. The van der Waals surface area contributed by atoms with Gasteiger partial charge in [0.2, 0.25) is 0 Å². The minimum absolute atomic E-state index is 0.471. The highest BCUT2D eigenvalue weighted by molar-refractivity contribution is 9.10. The molecule has 2 nitrogen and oxygen atoms in total. The first kappa shape index (κ1) is 15.8. The van der Waals surface area contributed by atoms with E-state index in [4.69, 9.17) is 16.6 Å². The van der Waals surface area contributed by atoms with E-state index < -0.39 is 0 Å². The molecule has 0 aliphatic carbocycles. The summed E-state index contributed by atoms with van der Waals surface area (Å²) in [5.74, 6) is 1.47. The van der Waals surface area contributed by atoms with Crippen molar-refractivity contribution in [2.45, 2.75) is 57.9 Å². The molecule has 0 N–H and O–H groups in total. The van der Waals surface area contributed by atoms with Gasteiger partial charge in [0.05, 0.1) is 16.9 Å². The van der Waals surface area contributed by atoms with E-state index >= 15 is 0 Å². The number of fused-ring (bicyclic) bond motifs is 1. The van der Waals surface area contributed by atoms with Gasteiger partial charge in [0, 0.05) is 10.5 Å². The second kappa shape index (κ2) is 7.46. The number of hydrogen-bond donors (Lipinski definition) is 0. The number of imidazole rings is 1. The minimum Gasteiger partial charge on any atom is -0.324 e. The maximum Gasteiger partial charge on any atom is 0.125 e. The summed E-state index contributed by atoms with van der Waals surface area (Å²) in [6.45, 7) is 4.49. The third-order valence-corrected chi connectivity index (χ3v) is 4.45. The Morgan fingerprint density at radius 3 is 2.70 bits per heavy atom. The summed E-state index contributed by atoms with van der Waals surface area (Å²) in [6, 6.07) is 6.77. The number of unbranched alkanes of at least 4 members (excludes halogenated alkanes) is 1. The average Bonchev–Trinajstić information content (AvgIpc) is 2.81. The molecule has 0 radical (unpaired) electrons. The maximum atomic E-state index is 6.13. The zero-order valence-electron chi connectivity index (χ0n) is 12.2. The molecule has 0 saturated carbocycles. The summed E-state index contributed by atoms with van der Waals surface area (Å²) >= 11 is 9.69. The largest absolute Gasteiger partial charge is 0.324 e. The molecule has 0 bridgehead atoms. The zero-order chi connectivity index (χ0) is 14.5. The van der Waals surface area contributed by atoms with Crippen LogP contribution >= 0.6 is 27.5 Å². The Morgan fingerprint density at radius 2 is 2.05 bits per heavy atom. The Morgan fingerprint density at radius 1 is 1.25 bits per heavy atom. The fourth-order valence-corrected chi connectivity index (χ4v) is 3.33. The van der Waals surface area contributed by atoms with Gasteiger partial charge in [-0.15, -0.1) is 11.6 Å². The van der Waals surface area contributed by atoms with Crippen LogP contribution in [0, 0.1) is 0 Å². The molecule has 0 aliphatic rings. The van der Waals surface area contributed by atoms with Gasteiger partial charge in [-0.2, -0.15) is 0 Å². The summed E-state index contributed by atoms with van der Waals surface area (Å²) in [4.78, 5) is 4.69. The van der Waals surface area contributed by atoms with E-state index in [1.54, 1.807) is 0 Å². The quantitative estimate of drug-likeness (QED) is 0.550. The van der Waals surface area contributed by atoms with Gasteiger partial charge in [-0.3, -0.25) is 0 Å². The molecule has 4 heteroatoms. The molecular weight excluding hydrogens is 336 g/mol. The topological polar surface area (TPSA) is 17.8 Å². The van der Waals surface area contributed by atoms with Gasteiger partial charge in [0.15, 0.2) is 0 Å². The van der Waals surface area contributed by atoms with E-state index in [0.717, 1.165) is 15.8 Å². The lowest BCUT2D eigenvalue weighted by molar-refractivity contribution is 0.418. The van der Waals surface area contributed by atoms with E-state index in [0.29, 0.717) is 11.9 Å². The van der Waals surface area contributed by atoms with Crippen molar-refractivity contribution < 1.29 is 0 Å². The maximum absolute atomic E-state index is 6.13. The van der Waals surface area contributed by atoms with E-state index in [1.807, 2.05) is 6.07 Å². The number of aromatic nitrogens is 2. The fourth-order valence-electron chi connectivity index (χ4n) is 2.79. The third-order valence-electron chi connectivity index (χ3n) is 3.72. The first-order chi connectivity index (χ1) is 9.71. The van der Waals surface area contributed by atoms with Crippen molar-refractivity contribution in [3.63, 3.8) is 0 Å². The summed E-state index contributed by atoms with van der Waals surface area (Å²) in [7, 11) is 0. The highest BCUT2D eigenvalue weighted by Gasteiger charge is 2.18. The molecule has 0 fully saturated rings. The first-order valence-electron chi connectivity index (χ1n) is 7.43. The standard InChI is InChI=1S/C16H22BrClN2/c1-3-5-7-13(6-4-2)20-15-10-12(17)8-9-14(15)19-16(20)11-18/h8-10,13H,3-7,11H2,1-2H3. The molecule has 1 unspecified atom stereocenters. The number of halogens is 2. The predicted molar refractivity (Wildman–Crippen MR) is 90.5 cm³/mol. The SMILES string of the molecule is CCCCC(CCC)n1c(CCl)nc2ccc(Br)cc21. The Kier molecular flexibility index (Phi) is 5.91. The van der Waals surface area contributed by atoms with Crippen molar-refractivity contribution in [2.75, 3.05) is 0 Å². The van der Waals surface area contributed by atoms with Gasteiger partial charge < -0.3 is 4.57 Å². The van der Waals surface area contributed by atoms with Crippen LogP contribution in [0.15, 0.2) is 22.7 Å². The summed E-state index contributed by atoms with van der Waals surface area (Å²) in [5, 5.41) is 0. The van der Waals surface area contributed by atoms with E-state index in [-0.39, 0.29) is 0 Å². The van der Waals surface area contributed by atoms with Crippen LogP contribution in [0.1, 0.15) is 57.8 Å². The van der Waals surface area contributed by atoms with E-state index in [9.17, 15) is 0 Å². The Bertz CT molecular complexity index is 565. The number of benzene rings is 1. The Hall–Kier alpha value is -0.540. The highest BCUT2D eigenvalue weighted by Crippen LogP contribution is 2.30. The lowest BCUT2D eigenvalue weighted by atomic mass is 10.0. The number of rotatable bonds is 7. The van der Waals surface area contributed by atoms with Crippen LogP contribution < -0.4 is 0 Å². The molecular formula is C16H22BrClN2. The monoisotopic (exact) mass is 356 g/mol. The van der Waals surface area contributed by atoms with Crippen LogP contribution in [0.5, 0.6) is 0 Å². The van der Waals surface area contributed by atoms with Crippen molar-refractivity contribution in [1.29, 1.82) is 0 Å². The molecule has 0 aliphatic heterocycles. The summed E-state index contributed by atoms with van der Waals surface area (Å²) in [6.07, 6.45) is 6.05. The molecule has 1 aromatic heterocycles. The summed E-state index contributed by atoms with van der Waals surface area (Å²) < 4.78 is 3.46. The molecule has 2 aromatic rings. The average molecular weight is 358 g/mol. The lowest BCUT2D eigenvalue weighted by Crippen LogP contribution is -2.12. The van der Waals surface area contributed by atoms with Crippen LogP contribution in [0.3, 0.4) is 0 Å². The lowest BCUT2D eigenvalue weighted by Gasteiger charge is -2.21. The van der Waals surface area contributed by atoms with Crippen LogP contribution in [-0.2, 0) is 5.88 Å². The van der Waals surface area contributed by atoms with Gasteiger partial charge >= 0.3 is 0 Å². The van der Waals surface area contributed by atoms with Crippen LogP contribution in [0.2, 0.25) is 0 Å². The first-order valence-corrected chi connectivity index (χ1v) is 8.76. The molecule has 0 spiro atoms. The number of alkyl halides is 1. The second-order valence-corrected chi connectivity index (χ2v) is 6.43. The van der Waals surface area contributed by atoms with Crippen LogP contribution in [-0.4, -0.2) is 9.55 Å². The van der Waals surface area contributed by atoms with Crippen molar-refractivity contribution >= 4 is 38.6 Å². The van der Waals surface area contributed by atoms with Crippen molar-refractivity contribution in [3.05, 3.63) is 28.5 Å². The predicted octanol–water partition coefficient (Wildman–Crippen LogP) is 6.07. The molecule has 110 valence electrons. The molecule has 0 saturated heterocycles. The van der Waals surface area contributed by atoms with Crippen LogP contribution in [0.25, 0.3) is 11.0 Å². The Balaban J connectivity index is 2.49. The smallest absolute Gasteiger partial charge is 0.125 e. The minimum atomic E-state index is 0.471. The molecule has 1 heterocycles.